The van der Waals surface area contributed by atoms with Crippen molar-refractivity contribution in [1.82, 2.24) is 0 Å². The Bertz CT molecular complexity index is 718. The first-order valence-electron chi connectivity index (χ1n) is 9.38. The molecule has 0 heterocycles. The maximum absolute atomic E-state index is 6.33. The van der Waals surface area contributed by atoms with E-state index in [0.29, 0.717) is 30.5 Å². The van der Waals surface area contributed by atoms with Crippen LogP contribution in [0.2, 0.25) is 0 Å². The van der Waals surface area contributed by atoms with E-state index >= 15 is 0 Å². The molecule has 1 fully saturated rings. The van der Waals surface area contributed by atoms with Crippen LogP contribution >= 0.6 is 0 Å². The molecular formula is C23H30O2. The highest BCUT2D eigenvalue weighted by atomic mass is 16.5. The van der Waals surface area contributed by atoms with Gasteiger partial charge in [-0.15, -0.1) is 0 Å². The predicted octanol–water partition coefficient (Wildman–Crippen LogP) is 6.01. The maximum Gasteiger partial charge on any atom is 0.123 e. The molecule has 0 amide bonds. The van der Waals surface area contributed by atoms with Gasteiger partial charge in [-0.2, -0.15) is 0 Å². The average molecular weight is 338 g/mol. The zero-order valence-electron chi connectivity index (χ0n) is 16.1. The third-order valence-electron chi connectivity index (χ3n) is 5.07. The monoisotopic (exact) mass is 338 g/mol. The highest BCUT2D eigenvalue weighted by Gasteiger charge is 2.41. The first kappa shape index (κ1) is 18.0. The summed E-state index contributed by atoms with van der Waals surface area (Å²) in [7, 11) is 1.77. The SMILES string of the molecule is COCc1cc(C2CC2Oc2ccccc2C(C)C)ccc1C(C)C. The maximum atomic E-state index is 6.33. The Kier molecular flexibility index (Phi) is 5.48. The van der Waals surface area contributed by atoms with Gasteiger partial charge >= 0.3 is 0 Å². The van der Waals surface area contributed by atoms with Crippen molar-refractivity contribution in [1.29, 1.82) is 0 Å². The standard InChI is InChI=1S/C23H30O2/c1-15(2)19-11-10-17(12-18(19)14-24-5)21-13-23(21)25-22-9-7-6-8-20(22)16(3)4/h6-12,15-16,21,23H,13-14H2,1-5H3. The minimum Gasteiger partial charge on any atom is -0.489 e. The summed E-state index contributed by atoms with van der Waals surface area (Å²) in [4.78, 5) is 0. The van der Waals surface area contributed by atoms with Crippen LogP contribution in [0.15, 0.2) is 42.5 Å². The molecule has 2 nitrogen and oxygen atoms in total. The molecule has 2 atom stereocenters. The number of hydrogen-bond donors (Lipinski definition) is 0. The van der Waals surface area contributed by atoms with Crippen molar-refractivity contribution in [2.24, 2.45) is 0 Å². The van der Waals surface area contributed by atoms with E-state index in [2.05, 4.69) is 70.2 Å². The highest BCUT2D eigenvalue weighted by molar-refractivity contribution is 5.40. The van der Waals surface area contributed by atoms with Gasteiger partial charge in [-0.3, -0.25) is 0 Å². The fourth-order valence-electron chi connectivity index (χ4n) is 3.58. The van der Waals surface area contributed by atoms with E-state index in [9.17, 15) is 0 Å². The van der Waals surface area contributed by atoms with E-state index < -0.39 is 0 Å². The number of rotatable bonds is 7. The smallest absolute Gasteiger partial charge is 0.123 e. The van der Waals surface area contributed by atoms with Crippen molar-refractivity contribution in [3.8, 4) is 5.75 Å². The van der Waals surface area contributed by atoms with E-state index in [0.717, 1.165) is 12.2 Å². The summed E-state index contributed by atoms with van der Waals surface area (Å²) in [6, 6.07) is 15.3. The third-order valence-corrected chi connectivity index (χ3v) is 5.07. The van der Waals surface area contributed by atoms with Gasteiger partial charge in [0.25, 0.3) is 0 Å². The molecule has 0 saturated heterocycles. The van der Waals surface area contributed by atoms with Crippen LogP contribution in [0.1, 0.15) is 74.1 Å². The number of ether oxygens (including phenoxy) is 2. The van der Waals surface area contributed by atoms with E-state index in [1.54, 1.807) is 7.11 Å². The topological polar surface area (TPSA) is 18.5 Å². The molecule has 25 heavy (non-hydrogen) atoms. The molecule has 0 aliphatic heterocycles. The zero-order chi connectivity index (χ0) is 18.0. The normalized spacial score (nSPS) is 19.5. The van der Waals surface area contributed by atoms with E-state index in [1.807, 2.05) is 0 Å². The van der Waals surface area contributed by atoms with Gasteiger partial charge in [0, 0.05) is 13.0 Å². The molecule has 3 rings (SSSR count). The number of para-hydroxylation sites is 1. The van der Waals surface area contributed by atoms with Crippen LogP contribution in [0, 0.1) is 0 Å². The molecule has 0 aromatic heterocycles. The van der Waals surface area contributed by atoms with Gasteiger partial charge in [0.2, 0.25) is 0 Å². The minimum absolute atomic E-state index is 0.292. The molecule has 1 saturated carbocycles. The summed E-state index contributed by atoms with van der Waals surface area (Å²) in [6.45, 7) is 9.58. The number of benzene rings is 2. The Morgan fingerprint density at radius 2 is 1.68 bits per heavy atom. The second kappa shape index (κ2) is 7.61. The van der Waals surface area contributed by atoms with Crippen LogP contribution in [-0.4, -0.2) is 13.2 Å². The van der Waals surface area contributed by atoms with Crippen molar-refractivity contribution < 1.29 is 9.47 Å². The Morgan fingerprint density at radius 3 is 2.36 bits per heavy atom. The summed E-state index contributed by atoms with van der Waals surface area (Å²) < 4.78 is 11.7. The molecule has 0 N–H and O–H groups in total. The molecule has 2 heteroatoms. The molecule has 134 valence electrons. The summed E-state index contributed by atoms with van der Waals surface area (Å²) >= 11 is 0. The average Bonchev–Trinajstić information content (AvgIpc) is 3.34. The lowest BCUT2D eigenvalue weighted by molar-refractivity contribution is 0.184. The van der Waals surface area contributed by atoms with Crippen LogP contribution in [0.3, 0.4) is 0 Å². The summed E-state index contributed by atoms with van der Waals surface area (Å²) in [6.07, 6.45) is 1.39. The van der Waals surface area contributed by atoms with Crippen molar-refractivity contribution in [3.63, 3.8) is 0 Å². The largest absolute Gasteiger partial charge is 0.489 e. The van der Waals surface area contributed by atoms with Gasteiger partial charge in [-0.25, -0.2) is 0 Å². The number of hydrogen-bond acceptors (Lipinski definition) is 2. The van der Waals surface area contributed by atoms with Gasteiger partial charge in [-0.05, 0) is 46.6 Å². The first-order chi connectivity index (χ1) is 12.0. The lowest BCUT2D eigenvalue weighted by atomic mass is 9.94. The number of methoxy groups -OCH3 is 1. The summed E-state index contributed by atoms with van der Waals surface area (Å²) in [5, 5.41) is 0. The van der Waals surface area contributed by atoms with Crippen LogP contribution in [0.5, 0.6) is 5.75 Å². The fraction of sp³-hybridized carbons (Fsp3) is 0.478. The molecule has 0 bridgehead atoms. The predicted molar refractivity (Wildman–Crippen MR) is 104 cm³/mol. The van der Waals surface area contributed by atoms with Gasteiger partial charge in [0.1, 0.15) is 11.9 Å². The molecule has 1 aliphatic rings. The molecule has 0 radical (unpaired) electrons. The second-order valence-corrected chi connectivity index (χ2v) is 7.74. The van der Waals surface area contributed by atoms with Crippen molar-refractivity contribution in [2.75, 3.05) is 7.11 Å². The van der Waals surface area contributed by atoms with Crippen LogP contribution < -0.4 is 4.74 Å². The lowest BCUT2D eigenvalue weighted by Gasteiger charge is -2.15. The van der Waals surface area contributed by atoms with Gasteiger partial charge in [-0.1, -0.05) is 64.1 Å². The first-order valence-corrected chi connectivity index (χ1v) is 9.38. The van der Waals surface area contributed by atoms with E-state index in [-0.39, 0.29) is 0 Å². The zero-order valence-corrected chi connectivity index (χ0v) is 16.1. The highest BCUT2D eigenvalue weighted by Crippen LogP contribution is 2.45. The van der Waals surface area contributed by atoms with E-state index in [1.165, 1.54) is 22.3 Å². The molecular weight excluding hydrogens is 308 g/mol. The van der Waals surface area contributed by atoms with Crippen LogP contribution in [0.4, 0.5) is 0 Å². The molecule has 2 aromatic rings. The van der Waals surface area contributed by atoms with Crippen molar-refractivity contribution in [3.05, 3.63) is 64.7 Å². The Hall–Kier alpha value is -1.80. The summed E-state index contributed by atoms with van der Waals surface area (Å²) in [5.41, 5.74) is 5.36. The Balaban J connectivity index is 1.75. The Labute approximate surface area is 152 Å². The van der Waals surface area contributed by atoms with Gasteiger partial charge in [0.05, 0.1) is 6.61 Å². The molecule has 2 aromatic carbocycles. The Morgan fingerprint density at radius 1 is 0.960 bits per heavy atom. The van der Waals surface area contributed by atoms with E-state index in [4.69, 9.17) is 9.47 Å². The molecule has 0 spiro atoms. The van der Waals surface area contributed by atoms with Gasteiger partial charge in [0.15, 0.2) is 0 Å². The molecule has 1 aliphatic carbocycles. The van der Waals surface area contributed by atoms with Crippen molar-refractivity contribution in [2.45, 2.75) is 64.6 Å². The minimum atomic E-state index is 0.292. The second-order valence-electron chi connectivity index (χ2n) is 7.74. The van der Waals surface area contributed by atoms with Crippen LogP contribution in [-0.2, 0) is 11.3 Å². The van der Waals surface area contributed by atoms with Crippen LogP contribution in [0.25, 0.3) is 0 Å². The van der Waals surface area contributed by atoms with Gasteiger partial charge < -0.3 is 9.47 Å². The summed E-state index contributed by atoms with van der Waals surface area (Å²) in [5.74, 6) is 2.54. The van der Waals surface area contributed by atoms with Crippen molar-refractivity contribution >= 4 is 0 Å². The quantitative estimate of drug-likeness (QED) is 0.615. The molecule has 2 unspecified atom stereocenters. The fourth-order valence-corrected chi connectivity index (χ4v) is 3.58. The lowest BCUT2D eigenvalue weighted by Crippen LogP contribution is -2.04. The third kappa shape index (κ3) is 4.07.